The van der Waals surface area contributed by atoms with Crippen molar-refractivity contribution in [3.05, 3.63) is 11.1 Å². The third kappa shape index (κ3) is 3.42. The highest BCUT2D eigenvalue weighted by atomic mass is 16.3. The highest BCUT2D eigenvalue weighted by Gasteiger charge is 2.55. The van der Waals surface area contributed by atoms with E-state index in [1.165, 1.54) is 64.2 Å². The summed E-state index contributed by atoms with van der Waals surface area (Å²) in [5, 5.41) is 10.2. The Kier molecular flexibility index (Phi) is 5.80. The molecule has 7 atom stereocenters. The second-order valence-corrected chi connectivity index (χ2v) is 12.1. The predicted octanol–water partition coefficient (Wildman–Crippen LogP) is 7.53. The van der Waals surface area contributed by atoms with Gasteiger partial charge in [-0.3, -0.25) is 0 Å². The fourth-order valence-electron chi connectivity index (χ4n) is 8.46. The van der Waals surface area contributed by atoms with Crippen molar-refractivity contribution in [2.75, 3.05) is 0 Å². The molecule has 0 aliphatic heterocycles. The van der Waals surface area contributed by atoms with Crippen LogP contribution in [0.1, 0.15) is 112 Å². The molecule has 4 rings (SSSR count). The molecule has 2 saturated carbocycles. The van der Waals surface area contributed by atoms with E-state index < -0.39 is 0 Å². The van der Waals surface area contributed by atoms with E-state index in [9.17, 15) is 5.11 Å². The zero-order valence-electron chi connectivity index (χ0n) is 19.4. The van der Waals surface area contributed by atoms with Gasteiger partial charge in [-0.2, -0.15) is 0 Å². The van der Waals surface area contributed by atoms with Crippen molar-refractivity contribution in [3.8, 4) is 0 Å². The van der Waals surface area contributed by atoms with Gasteiger partial charge in [0.05, 0.1) is 6.10 Å². The van der Waals surface area contributed by atoms with Crippen LogP contribution in [-0.2, 0) is 0 Å². The molecule has 0 heterocycles. The van der Waals surface area contributed by atoms with Crippen LogP contribution in [0.2, 0.25) is 0 Å². The second-order valence-electron chi connectivity index (χ2n) is 12.1. The molecule has 4 aliphatic carbocycles. The standard InChI is InChI=1S/C27H46O/c1-18(2)7-6-8-19(3)23-11-12-24-22-10-9-20-17-21(28)13-15-26(20,4)25(22)14-16-27(23,24)5/h18-21,23-24,28H,6-17H2,1-5H3/t19-,20?,21-,23-,24+,26+,27-/m1/s1. The maximum Gasteiger partial charge on any atom is 0.0543 e. The number of allylic oxidation sites excluding steroid dienone is 2. The van der Waals surface area contributed by atoms with Crippen LogP contribution in [0.25, 0.3) is 0 Å². The molecule has 0 aromatic carbocycles. The maximum atomic E-state index is 10.2. The molecular weight excluding hydrogens is 340 g/mol. The maximum absolute atomic E-state index is 10.2. The Hall–Kier alpha value is -0.300. The summed E-state index contributed by atoms with van der Waals surface area (Å²) in [6, 6.07) is 0. The Morgan fingerprint density at radius 1 is 0.964 bits per heavy atom. The average molecular weight is 387 g/mol. The van der Waals surface area contributed by atoms with Gasteiger partial charge in [0, 0.05) is 0 Å². The highest BCUT2D eigenvalue weighted by Crippen LogP contribution is 2.66. The molecule has 1 heteroatoms. The van der Waals surface area contributed by atoms with Gasteiger partial charge < -0.3 is 5.11 Å². The zero-order valence-corrected chi connectivity index (χ0v) is 19.4. The van der Waals surface area contributed by atoms with Gasteiger partial charge in [0.2, 0.25) is 0 Å². The number of rotatable bonds is 5. The fraction of sp³-hybridized carbons (Fsp3) is 0.926. The molecule has 28 heavy (non-hydrogen) atoms. The van der Waals surface area contributed by atoms with Crippen LogP contribution in [0.15, 0.2) is 11.1 Å². The van der Waals surface area contributed by atoms with E-state index >= 15 is 0 Å². The van der Waals surface area contributed by atoms with E-state index in [1.807, 2.05) is 11.1 Å². The van der Waals surface area contributed by atoms with Crippen LogP contribution in [-0.4, -0.2) is 11.2 Å². The molecule has 0 saturated heterocycles. The van der Waals surface area contributed by atoms with Crippen molar-refractivity contribution < 1.29 is 5.11 Å². The summed E-state index contributed by atoms with van der Waals surface area (Å²) in [6.07, 6.45) is 16.0. The van der Waals surface area contributed by atoms with E-state index in [1.54, 1.807) is 0 Å². The van der Waals surface area contributed by atoms with Crippen LogP contribution in [0, 0.1) is 40.4 Å². The molecule has 2 fully saturated rings. The number of aliphatic hydroxyl groups excluding tert-OH is 1. The van der Waals surface area contributed by atoms with E-state index in [0.29, 0.717) is 10.8 Å². The molecular formula is C27H46O. The first kappa shape index (κ1) is 21.0. The molecule has 1 nitrogen and oxygen atoms in total. The average Bonchev–Trinajstić information content (AvgIpc) is 2.99. The molecule has 0 aromatic rings. The van der Waals surface area contributed by atoms with Crippen LogP contribution in [0.3, 0.4) is 0 Å². The van der Waals surface area contributed by atoms with Crippen LogP contribution in [0.5, 0.6) is 0 Å². The Morgan fingerprint density at radius 3 is 2.50 bits per heavy atom. The second kappa shape index (κ2) is 7.75. The van der Waals surface area contributed by atoms with Crippen molar-refractivity contribution in [1.82, 2.24) is 0 Å². The molecule has 0 spiro atoms. The van der Waals surface area contributed by atoms with Gasteiger partial charge in [-0.15, -0.1) is 0 Å². The van der Waals surface area contributed by atoms with E-state index in [0.717, 1.165) is 42.4 Å². The lowest BCUT2D eigenvalue weighted by atomic mass is 9.50. The lowest BCUT2D eigenvalue weighted by Crippen LogP contribution is -2.45. The number of hydrogen-bond acceptors (Lipinski definition) is 1. The van der Waals surface area contributed by atoms with Crippen LogP contribution >= 0.6 is 0 Å². The van der Waals surface area contributed by atoms with E-state index in [4.69, 9.17) is 0 Å². The minimum atomic E-state index is -0.0309. The van der Waals surface area contributed by atoms with Crippen molar-refractivity contribution in [2.45, 2.75) is 118 Å². The monoisotopic (exact) mass is 386 g/mol. The summed E-state index contributed by atoms with van der Waals surface area (Å²) in [5.41, 5.74) is 4.77. The molecule has 1 unspecified atom stereocenters. The topological polar surface area (TPSA) is 20.2 Å². The highest BCUT2D eigenvalue weighted by molar-refractivity contribution is 5.34. The molecule has 0 amide bonds. The Labute approximate surface area is 174 Å². The third-order valence-electron chi connectivity index (χ3n) is 10.2. The van der Waals surface area contributed by atoms with Gasteiger partial charge in [0.25, 0.3) is 0 Å². The Bertz CT molecular complexity index is 603. The third-order valence-corrected chi connectivity index (χ3v) is 10.2. The minimum Gasteiger partial charge on any atom is -0.393 e. The van der Waals surface area contributed by atoms with Crippen LogP contribution in [0.4, 0.5) is 0 Å². The first-order valence-corrected chi connectivity index (χ1v) is 12.7. The lowest BCUT2D eigenvalue weighted by molar-refractivity contribution is 0.0132. The van der Waals surface area contributed by atoms with Gasteiger partial charge in [-0.25, -0.2) is 0 Å². The number of hydrogen-bond donors (Lipinski definition) is 1. The van der Waals surface area contributed by atoms with Crippen molar-refractivity contribution in [1.29, 1.82) is 0 Å². The van der Waals surface area contributed by atoms with Crippen molar-refractivity contribution in [2.24, 2.45) is 40.4 Å². The van der Waals surface area contributed by atoms with Crippen molar-refractivity contribution in [3.63, 3.8) is 0 Å². The van der Waals surface area contributed by atoms with Gasteiger partial charge >= 0.3 is 0 Å². The van der Waals surface area contributed by atoms with Crippen LogP contribution < -0.4 is 0 Å². The number of fused-ring (bicyclic) bond motifs is 4. The molecule has 0 radical (unpaired) electrons. The summed E-state index contributed by atoms with van der Waals surface area (Å²) >= 11 is 0. The predicted molar refractivity (Wildman–Crippen MR) is 119 cm³/mol. The van der Waals surface area contributed by atoms with E-state index in [-0.39, 0.29) is 6.10 Å². The van der Waals surface area contributed by atoms with Gasteiger partial charge in [0.15, 0.2) is 0 Å². The van der Waals surface area contributed by atoms with Gasteiger partial charge in [0.1, 0.15) is 0 Å². The lowest BCUT2D eigenvalue weighted by Gasteiger charge is -2.55. The fourth-order valence-corrected chi connectivity index (χ4v) is 8.46. The first-order valence-electron chi connectivity index (χ1n) is 12.7. The summed E-state index contributed by atoms with van der Waals surface area (Å²) in [6.45, 7) is 12.6. The molecule has 1 N–H and O–H groups in total. The summed E-state index contributed by atoms with van der Waals surface area (Å²) in [4.78, 5) is 0. The zero-order chi connectivity index (χ0) is 20.1. The Morgan fingerprint density at radius 2 is 1.75 bits per heavy atom. The largest absolute Gasteiger partial charge is 0.393 e. The van der Waals surface area contributed by atoms with Gasteiger partial charge in [-0.05, 0) is 98.2 Å². The summed E-state index contributed by atoms with van der Waals surface area (Å²) in [7, 11) is 0. The normalized spacial score (nSPS) is 44.2. The molecule has 0 aromatic heterocycles. The van der Waals surface area contributed by atoms with Crippen molar-refractivity contribution >= 4 is 0 Å². The smallest absolute Gasteiger partial charge is 0.0543 e. The SMILES string of the molecule is CC(C)CCC[C@@H](C)[C@H]1CC[C@H]2C3=C(CC[C@]12C)[C@@]1(C)CC[C@@H](O)CC1CC3. The van der Waals surface area contributed by atoms with E-state index in [2.05, 4.69) is 34.6 Å². The number of aliphatic hydroxyl groups is 1. The molecule has 0 bridgehead atoms. The first-order chi connectivity index (χ1) is 13.3. The summed E-state index contributed by atoms with van der Waals surface area (Å²) < 4.78 is 0. The summed E-state index contributed by atoms with van der Waals surface area (Å²) in [5.74, 6) is 4.31. The quantitative estimate of drug-likeness (QED) is 0.484. The molecule has 4 aliphatic rings. The minimum absolute atomic E-state index is 0.0309. The Balaban J connectivity index is 1.52. The van der Waals surface area contributed by atoms with Gasteiger partial charge in [-0.1, -0.05) is 65.0 Å². The molecule has 160 valence electrons.